The molecule has 0 unspecified atom stereocenters. The van der Waals surface area contributed by atoms with Crippen molar-refractivity contribution in [3.8, 4) is 6.07 Å². The van der Waals surface area contributed by atoms with E-state index in [2.05, 4.69) is 22.6 Å². The van der Waals surface area contributed by atoms with Crippen LogP contribution < -0.4 is 5.43 Å². The van der Waals surface area contributed by atoms with Gasteiger partial charge in [0.05, 0.1) is 17.6 Å². The van der Waals surface area contributed by atoms with Crippen molar-refractivity contribution in [2.75, 3.05) is 27.2 Å². The van der Waals surface area contributed by atoms with Crippen molar-refractivity contribution in [3.63, 3.8) is 0 Å². The number of ether oxygens (including phenoxy) is 1. The first-order chi connectivity index (χ1) is 12.7. The molecule has 0 bridgehead atoms. The molecule has 1 amide bonds. The zero-order valence-corrected chi connectivity index (χ0v) is 16.6. The SMILES string of the molecule is CN(C)C=Nc1ccc(C2=CCN(NC(=O)OC(C)(C)C)CC2)cc1C#N. The number of hydrogen-bond acceptors (Lipinski definition) is 5. The van der Waals surface area contributed by atoms with E-state index in [1.807, 2.05) is 63.0 Å². The topological polar surface area (TPSA) is 81.0 Å². The van der Waals surface area contributed by atoms with Gasteiger partial charge in [0.2, 0.25) is 0 Å². The number of hydrazine groups is 1. The lowest BCUT2D eigenvalue weighted by Crippen LogP contribution is -2.46. The summed E-state index contributed by atoms with van der Waals surface area (Å²) in [5.74, 6) is 0. The van der Waals surface area contributed by atoms with E-state index in [9.17, 15) is 10.1 Å². The third-order valence-electron chi connectivity index (χ3n) is 3.77. The highest BCUT2D eigenvalue weighted by Crippen LogP contribution is 2.27. The van der Waals surface area contributed by atoms with Crippen molar-refractivity contribution < 1.29 is 9.53 Å². The van der Waals surface area contributed by atoms with Crippen molar-refractivity contribution in [2.45, 2.75) is 32.8 Å². The van der Waals surface area contributed by atoms with E-state index in [0.29, 0.717) is 24.3 Å². The molecule has 0 radical (unpaired) electrons. The van der Waals surface area contributed by atoms with Gasteiger partial charge in [-0.25, -0.2) is 14.8 Å². The Labute approximate surface area is 160 Å². The average molecular weight is 369 g/mol. The van der Waals surface area contributed by atoms with Gasteiger partial charge in [-0.2, -0.15) is 5.26 Å². The molecule has 1 aliphatic heterocycles. The van der Waals surface area contributed by atoms with E-state index in [-0.39, 0.29) is 0 Å². The Balaban J connectivity index is 2.05. The highest BCUT2D eigenvalue weighted by atomic mass is 16.6. The van der Waals surface area contributed by atoms with Gasteiger partial charge in [-0.3, -0.25) is 5.43 Å². The van der Waals surface area contributed by atoms with Gasteiger partial charge in [0.1, 0.15) is 11.7 Å². The Bertz CT molecular complexity index is 785. The van der Waals surface area contributed by atoms with E-state index in [1.54, 1.807) is 6.34 Å². The van der Waals surface area contributed by atoms with Gasteiger partial charge < -0.3 is 9.64 Å². The van der Waals surface area contributed by atoms with Gasteiger partial charge in [0, 0.05) is 27.2 Å². The lowest BCUT2D eigenvalue weighted by molar-refractivity contribution is 0.0346. The van der Waals surface area contributed by atoms with Crippen LogP contribution in [0.15, 0.2) is 29.3 Å². The first kappa shape index (κ1) is 20.5. The molecule has 7 heteroatoms. The summed E-state index contributed by atoms with van der Waals surface area (Å²) in [6, 6.07) is 7.92. The molecule has 0 aromatic heterocycles. The van der Waals surface area contributed by atoms with Crippen molar-refractivity contribution in [1.82, 2.24) is 15.3 Å². The molecule has 0 spiro atoms. The first-order valence-electron chi connectivity index (χ1n) is 8.86. The first-order valence-corrected chi connectivity index (χ1v) is 8.86. The Hall–Kier alpha value is -2.85. The number of nitrogens with one attached hydrogen (secondary N) is 1. The van der Waals surface area contributed by atoms with Crippen LogP contribution in [-0.2, 0) is 4.74 Å². The van der Waals surface area contributed by atoms with Crippen molar-refractivity contribution in [3.05, 3.63) is 35.4 Å². The van der Waals surface area contributed by atoms with E-state index in [0.717, 1.165) is 17.6 Å². The van der Waals surface area contributed by atoms with Gasteiger partial charge >= 0.3 is 6.09 Å². The van der Waals surface area contributed by atoms with Crippen LogP contribution in [0.4, 0.5) is 10.5 Å². The third-order valence-corrected chi connectivity index (χ3v) is 3.77. The summed E-state index contributed by atoms with van der Waals surface area (Å²) in [4.78, 5) is 18.0. The number of nitriles is 1. The molecule has 0 fully saturated rings. The molecular formula is C20H27N5O2. The van der Waals surface area contributed by atoms with Crippen molar-refractivity contribution >= 4 is 23.7 Å². The maximum absolute atomic E-state index is 11.9. The van der Waals surface area contributed by atoms with E-state index < -0.39 is 11.7 Å². The molecule has 0 saturated carbocycles. The van der Waals surface area contributed by atoms with Crippen LogP contribution in [0, 0.1) is 11.3 Å². The van der Waals surface area contributed by atoms with E-state index in [1.165, 1.54) is 0 Å². The maximum atomic E-state index is 11.9. The number of rotatable bonds is 4. The summed E-state index contributed by atoms with van der Waals surface area (Å²) in [6.45, 7) is 6.75. The number of hydrogen-bond donors (Lipinski definition) is 1. The summed E-state index contributed by atoms with van der Waals surface area (Å²) in [5, 5.41) is 11.2. The van der Waals surface area contributed by atoms with Crippen molar-refractivity contribution in [1.29, 1.82) is 5.26 Å². The second kappa shape index (κ2) is 8.69. The Morgan fingerprint density at radius 1 is 1.41 bits per heavy atom. The molecule has 1 aromatic carbocycles. The molecule has 1 aromatic rings. The molecular weight excluding hydrogens is 342 g/mol. The van der Waals surface area contributed by atoms with Crippen molar-refractivity contribution in [2.24, 2.45) is 4.99 Å². The smallest absolute Gasteiger partial charge is 0.422 e. The molecule has 2 rings (SSSR count). The summed E-state index contributed by atoms with van der Waals surface area (Å²) in [7, 11) is 3.77. The molecule has 1 aliphatic rings. The third kappa shape index (κ3) is 6.42. The number of aliphatic imine (C=N–C) groups is 1. The normalized spacial score (nSPS) is 15.2. The quantitative estimate of drug-likeness (QED) is 0.650. The molecule has 144 valence electrons. The predicted octanol–water partition coefficient (Wildman–Crippen LogP) is 3.31. The Kier molecular flexibility index (Phi) is 6.59. The van der Waals surface area contributed by atoms with Crippen LogP contribution in [0.2, 0.25) is 0 Å². The molecule has 0 aliphatic carbocycles. The molecule has 1 heterocycles. The predicted molar refractivity (Wildman–Crippen MR) is 107 cm³/mol. The second-order valence-electron chi connectivity index (χ2n) is 7.59. The van der Waals surface area contributed by atoms with Crippen LogP contribution in [-0.4, -0.2) is 55.1 Å². The van der Waals surface area contributed by atoms with Crippen LogP contribution in [0.5, 0.6) is 0 Å². The largest absolute Gasteiger partial charge is 0.443 e. The number of benzene rings is 1. The fraction of sp³-hybridized carbons (Fsp3) is 0.450. The minimum atomic E-state index is -0.522. The van der Waals surface area contributed by atoms with Gasteiger partial charge in [-0.15, -0.1) is 0 Å². The maximum Gasteiger partial charge on any atom is 0.422 e. The summed E-state index contributed by atoms with van der Waals surface area (Å²) >= 11 is 0. The summed E-state index contributed by atoms with van der Waals surface area (Å²) < 4.78 is 5.27. The zero-order chi connectivity index (χ0) is 20.0. The average Bonchev–Trinajstić information content (AvgIpc) is 2.58. The number of carbonyl (C=O) groups excluding carboxylic acids is 1. The van der Waals surface area contributed by atoms with Gasteiger partial charge in [0.25, 0.3) is 0 Å². The fourth-order valence-corrected chi connectivity index (χ4v) is 2.58. The number of nitrogens with zero attached hydrogens (tertiary/aromatic N) is 4. The van der Waals surface area contributed by atoms with Crippen LogP contribution in [0.1, 0.15) is 38.3 Å². The zero-order valence-electron chi connectivity index (χ0n) is 16.6. The highest BCUT2D eigenvalue weighted by molar-refractivity contribution is 5.73. The van der Waals surface area contributed by atoms with Gasteiger partial charge in [-0.05, 0) is 50.5 Å². The number of carbonyl (C=O) groups is 1. The Morgan fingerprint density at radius 2 is 2.15 bits per heavy atom. The number of amides is 1. The minimum absolute atomic E-state index is 0.450. The lowest BCUT2D eigenvalue weighted by Gasteiger charge is -2.28. The van der Waals surface area contributed by atoms with Crippen LogP contribution in [0.25, 0.3) is 5.57 Å². The lowest BCUT2D eigenvalue weighted by atomic mass is 9.98. The minimum Gasteiger partial charge on any atom is -0.443 e. The molecule has 0 saturated heterocycles. The fourth-order valence-electron chi connectivity index (χ4n) is 2.58. The summed E-state index contributed by atoms with van der Waals surface area (Å²) in [5.41, 5.74) is 5.59. The Morgan fingerprint density at radius 3 is 2.70 bits per heavy atom. The molecule has 0 atom stereocenters. The standard InChI is InChI=1S/C20H27N5O2/c1-20(2,3)27-19(26)23-25-10-8-15(9-11-25)16-6-7-18(17(12-16)13-21)22-14-24(4)5/h6-8,12,14H,9-11H2,1-5H3,(H,23,26). The van der Waals surface area contributed by atoms with Crippen LogP contribution >= 0.6 is 0 Å². The molecule has 7 nitrogen and oxygen atoms in total. The van der Waals surface area contributed by atoms with Gasteiger partial charge in [0.15, 0.2) is 0 Å². The monoisotopic (exact) mass is 369 g/mol. The summed E-state index contributed by atoms with van der Waals surface area (Å²) in [6.07, 6.45) is 4.05. The van der Waals surface area contributed by atoms with Gasteiger partial charge in [-0.1, -0.05) is 12.1 Å². The molecule has 27 heavy (non-hydrogen) atoms. The van der Waals surface area contributed by atoms with Crippen LogP contribution in [0.3, 0.4) is 0 Å². The molecule has 1 N–H and O–H groups in total. The van der Waals surface area contributed by atoms with E-state index in [4.69, 9.17) is 4.74 Å². The highest BCUT2D eigenvalue weighted by Gasteiger charge is 2.20. The van der Waals surface area contributed by atoms with E-state index >= 15 is 0 Å². The second-order valence-corrected chi connectivity index (χ2v) is 7.59.